The number of hydrogen-bond acceptors (Lipinski definition) is 1. The van der Waals surface area contributed by atoms with Gasteiger partial charge in [0.05, 0.1) is 0 Å². The Morgan fingerprint density at radius 1 is 0.750 bits per heavy atom. The minimum Gasteiger partial charge on any atom is -0.411 e. The largest absolute Gasteiger partial charge is 0.411 e. The summed E-state index contributed by atoms with van der Waals surface area (Å²) in [6.45, 7) is 9.09. The van der Waals surface area contributed by atoms with Crippen molar-refractivity contribution in [3.05, 3.63) is 59.7 Å². The second-order valence-corrected chi connectivity index (χ2v) is 7.48. The van der Waals surface area contributed by atoms with E-state index in [1.165, 1.54) is 22.0 Å². The van der Waals surface area contributed by atoms with Crippen molar-refractivity contribution in [3.63, 3.8) is 0 Å². The van der Waals surface area contributed by atoms with Gasteiger partial charge in [-0.1, -0.05) is 76.2 Å². The summed E-state index contributed by atoms with van der Waals surface area (Å²) in [6, 6.07) is 17.5. The summed E-state index contributed by atoms with van der Waals surface area (Å²) < 4.78 is 0. The van der Waals surface area contributed by atoms with Crippen LogP contribution in [0.2, 0.25) is 0 Å². The average Bonchev–Trinajstić information content (AvgIpc) is 2.45. The van der Waals surface area contributed by atoms with Crippen molar-refractivity contribution in [3.8, 4) is 0 Å². The van der Waals surface area contributed by atoms with E-state index < -0.39 is 9.68 Å². The molecule has 0 atom stereocenters. The Labute approximate surface area is 125 Å². The Morgan fingerprint density at radius 2 is 1.30 bits per heavy atom. The molecule has 1 N–H and O–H groups in total. The van der Waals surface area contributed by atoms with Gasteiger partial charge in [0.15, 0.2) is 9.68 Å². The van der Waals surface area contributed by atoms with Crippen LogP contribution in [-0.4, -0.2) is 9.68 Å². The first-order valence-corrected chi connectivity index (χ1v) is 8.91. The summed E-state index contributed by atoms with van der Waals surface area (Å²) in [4.78, 5) is 3.80. The number of hydrogen-bond donors (Lipinski definition) is 1. The van der Waals surface area contributed by atoms with Gasteiger partial charge < -0.3 is 4.98 Å². The number of para-hydroxylation sites is 1. The van der Waals surface area contributed by atoms with E-state index in [0.29, 0.717) is 11.8 Å². The molecule has 2 heteroatoms. The van der Waals surface area contributed by atoms with Crippen molar-refractivity contribution in [2.45, 2.75) is 39.5 Å². The van der Waals surface area contributed by atoms with Gasteiger partial charge in [-0.3, -0.25) is 0 Å². The molecule has 2 aromatic rings. The Balaban J connectivity index is 2.28. The predicted molar refractivity (Wildman–Crippen MR) is 92.9 cm³/mol. The molecule has 0 aliphatic heterocycles. The lowest BCUT2D eigenvalue weighted by molar-refractivity contribution is 0.839. The van der Waals surface area contributed by atoms with Crippen molar-refractivity contribution in [1.29, 1.82) is 0 Å². The molecule has 0 aliphatic carbocycles. The third kappa shape index (κ3) is 3.51. The molecule has 0 unspecified atom stereocenters. The van der Waals surface area contributed by atoms with Crippen LogP contribution >= 0.6 is 0 Å². The van der Waals surface area contributed by atoms with Crippen molar-refractivity contribution < 1.29 is 0 Å². The standard InChI is InChI=1S/C18H25NSi/c1-13(2)16-11-8-12-17(14(3)4)18(16)19-20-15-9-6-5-7-10-15/h5-14,19H,20H2,1-4H3. The molecule has 106 valence electrons. The lowest BCUT2D eigenvalue weighted by atomic mass is 9.93. The second kappa shape index (κ2) is 6.75. The van der Waals surface area contributed by atoms with Gasteiger partial charge in [0.25, 0.3) is 0 Å². The Hall–Kier alpha value is -1.54. The van der Waals surface area contributed by atoms with E-state index >= 15 is 0 Å². The molecule has 0 radical (unpaired) electrons. The van der Waals surface area contributed by atoms with E-state index in [0.717, 1.165) is 0 Å². The van der Waals surface area contributed by atoms with Crippen LogP contribution in [0.5, 0.6) is 0 Å². The first kappa shape index (κ1) is 14.9. The van der Waals surface area contributed by atoms with E-state index in [2.05, 4.69) is 81.2 Å². The highest BCUT2D eigenvalue weighted by molar-refractivity contribution is 6.57. The monoisotopic (exact) mass is 283 g/mol. The van der Waals surface area contributed by atoms with Crippen LogP contribution in [0.4, 0.5) is 5.69 Å². The Morgan fingerprint density at radius 3 is 1.80 bits per heavy atom. The Bertz CT molecular complexity index is 520. The van der Waals surface area contributed by atoms with Gasteiger partial charge in [-0.05, 0) is 28.1 Å². The van der Waals surface area contributed by atoms with Crippen molar-refractivity contribution in [2.24, 2.45) is 0 Å². The smallest absolute Gasteiger partial charge is 0.152 e. The van der Waals surface area contributed by atoms with E-state index in [4.69, 9.17) is 0 Å². The second-order valence-electron chi connectivity index (χ2n) is 5.96. The number of nitrogens with one attached hydrogen (secondary N) is 1. The summed E-state index contributed by atoms with van der Waals surface area (Å²) in [5.74, 6) is 1.11. The fourth-order valence-electron chi connectivity index (χ4n) is 2.54. The third-order valence-electron chi connectivity index (χ3n) is 3.69. The molecule has 0 spiro atoms. The minimum absolute atomic E-state index is 0.466. The van der Waals surface area contributed by atoms with Gasteiger partial charge in [0, 0.05) is 5.69 Å². The summed E-state index contributed by atoms with van der Waals surface area (Å²) in [7, 11) is -0.466. The maximum absolute atomic E-state index is 3.80. The van der Waals surface area contributed by atoms with Crippen LogP contribution in [0.1, 0.15) is 50.7 Å². The molecule has 0 amide bonds. The molecule has 0 heterocycles. The molecule has 2 rings (SSSR count). The van der Waals surface area contributed by atoms with E-state index in [9.17, 15) is 0 Å². The van der Waals surface area contributed by atoms with Crippen LogP contribution < -0.4 is 10.2 Å². The fraction of sp³-hybridized carbons (Fsp3) is 0.333. The zero-order chi connectivity index (χ0) is 14.5. The van der Waals surface area contributed by atoms with Gasteiger partial charge in [-0.25, -0.2) is 0 Å². The van der Waals surface area contributed by atoms with Crippen molar-refractivity contribution >= 4 is 20.6 Å². The molecular formula is C18H25NSi. The maximum Gasteiger partial charge on any atom is 0.152 e. The lowest BCUT2D eigenvalue weighted by Crippen LogP contribution is -2.23. The molecule has 0 aromatic heterocycles. The first-order valence-electron chi connectivity index (χ1n) is 7.50. The molecule has 0 saturated carbocycles. The minimum atomic E-state index is -0.466. The highest BCUT2D eigenvalue weighted by atomic mass is 28.2. The van der Waals surface area contributed by atoms with Crippen LogP contribution in [0, 0.1) is 0 Å². The van der Waals surface area contributed by atoms with Gasteiger partial charge >= 0.3 is 0 Å². The normalized spacial score (nSPS) is 11.7. The molecule has 0 saturated heterocycles. The molecule has 0 fully saturated rings. The molecule has 0 bridgehead atoms. The fourth-order valence-corrected chi connectivity index (χ4v) is 3.84. The molecule has 1 nitrogen and oxygen atoms in total. The van der Waals surface area contributed by atoms with Crippen LogP contribution in [0.25, 0.3) is 0 Å². The van der Waals surface area contributed by atoms with E-state index in [1.807, 2.05) is 0 Å². The van der Waals surface area contributed by atoms with Crippen molar-refractivity contribution in [2.75, 3.05) is 4.98 Å². The average molecular weight is 283 g/mol. The van der Waals surface area contributed by atoms with Crippen molar-refractivity contribution in [1.82, 2.24) is 0 Å². The van der Waals surface area contributed by atoms with Gasteiger partial charge in [0.1, 0.15) is 0 Å². The summed E-state index contributed by atoms with van der Waals surface area (Å²) >= 11 is 0. The zero-order valence-electron chi connectivity index (χ0n) is 13.0. The first-order chi connectivity index (χ1) is 9.59. The quantitative estimate of drug-likeness (QED) is 0.824. The van der Waals surface area contributed by atoms with Crippen LogP contribution in [-0.2, 0) is 0 Å². The topological polar surface area (TPSA) is 12.0 Å². The molecule has 2 aromatic carbocycles. The maximum atomic E-state index is 3.80. The molecule has 20 heavy (non-hydrogen) atoms. The van der Waals surface area contributed by atoms with Gasteiger partial charge in [-0.2, -0.15) is 0 Å². The van der Waals surface area contributed by atoms with E-state index in [1.54, 1.807) is 0 Å². The van der Waals surface area contributed by atoms with Gasteiger partial charge in [-0.15, -0.1) is 0 Å². The van der Waals surface area contributed by atoms with E-state index in [-0.39, 0.29) is 0 Å². The summed E-state index contributed by atoms with van der Waals surface area (Å²) in [5.41, 5.74) is 4.27. The highest BCUT2D eigenvalue weighted by Crippen LogP contribution is 2.31. The zero-order valence-corrected chi connectivity index (χ0v) is 14.4. The highest BCUT2D eigenvalue weighted by Gasteiger charge is 2.13. The van der Waals surface area contributed by atoms with Crippen LogP contribution in [0.15, 0.2) is 48.5 Å². The predicted octanol–water partition coefficient (Wildman–Crippen LogP) is 3.75. The molecule has 0 aliphatic rings. The summed E-state index contributed by atoms with van der Waals surface area (Å²) in [5, 5.41) is 1.46. The summed E-state index contributed by atoms with van der Waals surface area (Å²) in [6.07, 6.45) is 0. The third-order valence-corrected chi connectivity index (χ3v) is 5.10. The number of benzene rings is 2. The van der Waals surface area contributed by atoms with Gasteiger partial charge in [0.2, 0.25) is 0 Å². The number of rotatable bonds is 5. The molecular weight excluding hydrogens is 258 g/mol. The lowest BCUT2D eigenvalue weighted by Gasteiger charge is -2.21. The van der Waals surface area contributed by atoms with Crippen LogP contribution in [0.3, 0.4) is 0 Å². The number of anilines is 1. The SMILES string of the molecule is CC(C)c1cccc(C(C)C)c1N[SiH2]c1ccccc1. The Kier molecular flexibility index (Phi) is 5.02.